The molecular formula is C16H15F3N2O2. The molecule has 122 valence electrons. The number of anilines is 1. The number of fused-ring (bicyclic) bond motifs is 1. The molecule has 1 aromatic carbocycles. The Morgan fingerprint density at radius 3 is 2.52 bits per heavy atom. The van der Waals surface area contributed by atoms with Crippen LogP contribution in [0.4, 0.5) is 19.0 Å². The zero-order valence-electron chi connectivity index (χ0n) is 12.2. The Morgan fingerprint density at radius 1 is 1.04 bits per heavy atom. The van der Waals surface area contributed by atoms with Crippen molar-refractivity contribution in [3.8, 4) is 11.5 Å². The largest absolute Gasteiger partial charge is 0.490 e. The first kappa shape index (κ1) is 15.5. The van der Waals surface area contributed by atoms with Crippen LogP contribution < -0.4 is 14.8 Å². The molecule has 0 saturated carbocycles. The van der Waals surface area contributed by atoms with Gasteiger partial charge in [0, 0.05) is 19.2 Å². The number of hydrogen-bond acceptors (Lipinski definition) is 4. The fourth-order valence-corrected chi connectivity index (χ4v) is 2.18. The summed E-state index contributed by atoms with van der Waals surface area (Å²) in [6, 6.07) is 7.88. The van der Waals surface area contributed by atoms with E-state index in [1.54, 1.807) is 0 Å². The van der Waals surface area contributed by atoms with Crippen LogP contribution in [-0.2, 0) is 12.7 Å². The van der Waals surface area contributed by atoms with Gasteiger partial charge in [-0.15, -0.1) is 0 Å². The van der Waals surface area contributed by atoms with Crippen LogP contribution in [0.3, 0.4) is 0 Å². The minimum atomic E-state index is -4.38. The first-order chi connectivity index (χ1) is 11.0. The molecule has 7 heteroatoms. The van der Waals surface area contributed by atoms with E-state index in [2.05, 4.69) is 10.3 Å². The Balaban J connectivity index is 1.65. The molecule has 0 fully saturated rings. The van der Waals surface area contributed by atoms with Crippen LogP contribution >= 0.6 is 0 Å². The lowest BCUT2D eigenvalue weighted by atomic mass is 10.2. The number of ether oxygens (including phenoxy) is 2. The lowest BCUT2D eigenvalue weighted by molar-refractivity contribution is -0.137. The molecule has 0 aliphatic carbocycles. The number of rotatable bonds is 3. The molecule has 0 bridgehead atoms. The van der Waals surface area contributed by atoms with Gasteiger partial charge in [-0.25, -0.2) is 4.98 Å². The first-order valence-electron chi connectivity index (χ1n) is 7.18. The molecule has 23 heavy (non-hydrogen) atoms. The number of nitrogens with one attached hydrogen (secondary N) is 1. The summed E-state index contributed by atoms with van der Waals surface area (Å²) in [5, 5.41) is 2.99. The molecule has 3 rings (SSSR count). The van der Waals surface area contributed by atoms with Crippen LogP contribution in [0.2, 0.25) is 0 Å². The van der Waals surface area contributed by atoms with Crippen LogP contribution in [-0.4, -0.2) is 18.2 Å². The van der Waals surface area contributed by atoms with Gasteiger partial charge in [0.05, 0.1) is 18.8 Å². The highest BCUT2D eigenvalue weighted by Gasteiger charge is 2.30. The Morgan fingerprint density at radius 2 is 1.83 bits per heavy atom. The highest BCUT2D eigenvalue weighted by molar-refractivity contribution is 5.45. The molecule has 0 saturated heterocycles. The predicted molar refractivity (Wildman–Crippen MR) is 78.6 cm³/mol. The number of benzene rings is 1. The summed E-state index contributed by atoms with van der Waals surface area (Å²) < 4.78 is 48.6. The third-order valence-electron chi connectivity index (χ3n) is 3.38. The van der Waals surface area contributed by atoms with Crippen LogP contribution in [0.5, 0.6) is 11.5 Å². The van der Waals surface area contributed by atoms with Gasteiger partial charge in [0.15, 0.2) is 11.5 Å². The summed E-state index contributed by atoms with van der Waals surface area (Å²) in [7, 11) is 0. The molecule has 0 amide bonds. The molecule has 1 aromatic heterocycles. The molecule has 4 nitrogen and oxygen atoms in total. The van der Waals surface area contributed by atoms with Crippen molar-refractivity contribution in [2.75, 3.05) is 18.5 Å². The smallest absolute Gasteiger partial charge is 0.417 e. The molecule has 2 aromatic rings. The Bertz CT molecular complexity index is 672. The van der Waals surface area contributed by atoms with Crippen LogP contribution in [0.25, 0.3) is 0 Å². The molecule has 0 spiro atoms. The highest BCUT2D eigenvalue weighted by atomic mass is 19.4. The lowest BCUT2D eigenvalue weighted by Crippen LogP contribution is -2.07. The molecule has 0 radical (unpaired) electrons. The second kappa shape index (κ2) is 6.36. The van der Waals surface area contributed by atoms with Crippen molar-refractivity contribution >= 4 is 5.82 Å². The maximum absolute atomic E-state index is 12.5. The number of hydrogen-bond donors (Lipinski definition) is 1. The molecule has 1 aliphatic heterocycles. The van der Waals surface area contributed by atoms with Gasteiger partial charge in [0.1, 0.15) is 5.82 Å². The second-order valence-electron chi connectivity index (χ2n) is 5.11. The SMILES string of the molecule is FC(F)(F)c1ccc(NCc2ccc3c(c2)OCCCO3)nc1. The quantitative estimate of drug-likeness (QED) is 0.931. The summed E-state index contributed by atoms with van der Waals surface area (Å²) >= 11 is 0. The van der Waals surface area contributed by atoms with Crippen molar-refractivity contribution in [2.45, 2.75) is 19.1 Å². The summed E-state index contributed by atoms with van der Waals surface area (Å²) in [5.74, 6) is 1.77. The molecule has 1 aliphatic rings. The molecule has 0 unspecified atom stereocenters. The van der Waals surface area contributed by atoms with E-state index < -0.39 is 11.7 Å². The number of alkyl halides is 3. The van der Waals surface area contributed by atoms with Gasteiger partial charge in [0.2, 0.25) is 0 Å². The van der Waals surface area contributed by atoms with Gasteiger partial charge >= 0.3 is 6.18 Å². The third-order valence-corrected chi connectivity index (χ3v) is 3.38. The molecule has 1 N–H and O–H groups in total. The highest BCUT2D eigenvalue weighted by Crippen LogP contribution is 2.31. The van der Waals surface area contributed by atoms with E-state index in [1.807, 2.05) is 18.2 Å². The van der Waals surface area contributed by atoms with Crippen molar-refractivity contribution in [3.05, 3.63) is 47.7 Å². The average Bonchev–Trinajstić information content (AvgIpc) is 2.77. The van der Waals surface area contributed by atoms with Crippen molar-refractivity contribution in [3.63, 3.8) is 0 Å². The maximum atomic E-state index is 12.5. The van der Waals surface area contributed by atoms with E-state index in [1.165, 1.54) is 6.07 Å². The standard InChI is InChI=1S/C16H15F3N2O2/c17-16(18,19)12-3-5-15(21-10-12)20-9-11-2-4-13-14(8-11)23-7-1-6-22-13/h2-5,8,10H,1,6-7,9H2,(H,20,21). The van der Waals surface area contributed by atoms with Gasteiger partial charge in [0.25, 0.3) is 0 Å². The average molecular weight is 324 g/mol. The van der Waals surface area contributed by atoms with Crippen molar-refractivity contribution < 1.29 is 22.6 Å². The minimum Gasteiger partial charge on any atom is -0.490 e. The Labute approximate surface area is 131 Å². The molecule has 0 atom stereocenters. The molecular weight excluding hydrogens is 309 g/mol. The zero-order valence-corrected chi connectivity index (χ0v) is 12.2. The van der Waals surface area contributed by atoms with Gasteiger partial charge in [-0.3, -0.25) is 0 Å². The van der Waals surface area contributed by atoms with E-state index in [4.69, 9.17) is 9.47 Å². The molecule has 2 heterocycles. The maximum Gasteiger partial charge on any atom is 0.417 e. The normalized spacial score (nSPS) is 14.2. The first-order valence-corrected chi connectivity index (χ1v) is 7.18. The third kappa shape index (κ3) is 3.85. The monoisotopic (exact) mass is 324 g/mol. The fourth-order valence-electron chi connectivity index (χ4n) is 2.18. The zero-order chi connectivity index (χ0) is 16.3. The van der Waals surface area contributed by atoms with Crippen molar-refractivity contribution in [1.82, 2.24) is 4.98 Å². The fraction of sp³-hybridized carbons (Fsp3) is 0.312. The van der Waals surface area contributed by atoms with Gasteiger partial charge in [-0.2, -0.15) is 13.2 Å². The van der Waals surface area contributed by atoms with Gasteiger partial charge in [-0.05, 0) is 29.8 Å². The van der Waals surface area contributed by atoms with E-state index in [0.717, 1.165) is 24.2 Å². The summed E-state index contributed by atoms with van der Waals surface area (Å²) in [6.07, 6.45) is -2.73. The van der Waals surface area contributed by atoms with Crippen LogP contribution in [0, 0.1) is 0 Å². The number of halogens is 3. The van der Waals surface area contributed by atoms with Crippen LogP contribution in [0.1, 0.15) is 17.5 Å². The van der Waals surface area contributed by atoms with E-state index in [-0.39, 0.29) is 0 Å². The summed E-state index contributed by atoms with van der Waals surface area (Å²) in [4.78, 5) is 3.78. The lowest BCUT2D eigenvalue weighted by Gasteiger charge is -2.11. The van der Waals surface area contributed by atoms with Gasteiger partial charge < -0.3 is 14.8 Å². The number of pyridine rings is 1. The van der Waals surface area contributed by atoms with Gasteiger partial charge in [-0.1, -0.05) is 6.07 Å². The van der Waals surface area contributed by atoms with E-state index >= 15 is 0 Å². The summed E-state index contributed by atoms with van der Waals surface area (Å²) in [5.41, 5.74) is 0.162. The second-order valence-corrected chi connectivity index (χ2v) is 5.11. The predicted octanol–water partition coefficient (Wildman–Crippen LogP) is 3.87. The van der Waals surface area contributed by atoms with E-state index in [0.29, 0.717) is 37.1 Å². The van der Waals surface area contributed by atoms with Crippen molar-refractivity contribution in [2.24, 2.45) is 0 Å². The Hall–Kier alpha value is -2.44. The van der Waals surface area contributed by atoms with Crippen molar-refractivity contribution in [1.29, 1.82) is 0 Å². The minimum absolute atomic E-state index is 0.380. The van der Waals surface area contributed by atoms with E-state index in [9.17, 15) is 13.2 Å². The number of nitrogens with zero attached hydrogens (tertiary/aromatic N) is 1. The summed E-state index contributed by atoms with van der Waals surface area (Å²) in [6.45, 7) is 1.65. The number of aromatic nitrogens is 1. The topological polar surface area (TPSA) is 43.4 Å². The van der Waals surface area contributed by atoms with Crippen LogP contribution in [0.15, 0.2) is 36.5 Å². The Kier molecular flexibility index (Phi) is 4.27.